The van der Waals surface area contributed by atoms with Crippen LogP contribution in [0.3, 0.4) is 0 Å². The van der Waals surface area contributed by atoms with Gasteiger partial charge in [0, 0.05) is 25.0 Å². The summed E-state index contributed by atoms with van der Waals surface area (Å²) >= 11 is 0. The lowest BCUT2D eigenvalue weighted by atomic mass is 9.85. The van der Waals surface area contributed by atoms with E-state index in [4.69, 9.17) is 5.11 Å². The van der Waals surface area contributed by atoms with Crippen LogP contribution >= 0.6 is 0 Å². The van der Waals surface area contributed by atoms with Crippen LogP contribution in [0, 0.1) is 11.3 Å². The minimum Gasteiger partial charge on any atom is -0.481 e. The number of amides is 2. The van der Waals surface area contributed by atoms with Gasteiger partial charge in [0.2, 0.25) is 0 Å². The molecule has 0 bridgehead atoms. The van der Waals surface area contributed by atoms with Gasteiger partial charge in [-0.2, -0.15) is 0 Å². The van der Waals surface area contributed by atoms with Gasteiger partial charge in [0.05, 0.1) is 12.5 Å². The van der Waals surface area contributed by atoms with Crippen molar-refractivity contribution >= 4 is 12.0 Å². The van der Waals surface area contributed by atoms with E-state index in [1.807, 2.05) is 20.8 Å². The molecule has 116 valence electrons. The Kier molecular flexibility index (Phi) is 5.39. The zero-order valence-electron chi connectivity index (χ0n) is 12.7. The van der Waals surface area contributed by atoms with Crippen LogP contribution < -0.4 is 5.32 Å². The van der Waals surface area contributed by atoms with Crippen molar-refractivity contribution in [1.82, 2.24) is 10.2 Å². The van der Waals surface area contributed by atoms with Crippen molar-refractivity contribution in [2.75, 3.05) is 13.1 Å². The average Bonchev–Trinajstić information content (AvgIpc) is 2.75. The standard InChI is InChI=1S/C14H26N2O4/c1-9(17)10-5-6-16(8-10)13(20)15-11(7-12(18)19)14(2,3)4/h9-11,17H,5-8H2,1-4H3,(H,15,20)(H,18,19). The Bertz CT molecular complexity index is 363. The first-order valence-electron chi connectivity index (χ1n) is 7.06. The van der Waals surface area contributed by atoms with Gasteiger partial charge < -0.3 is 20.4 Å². The van der Waals surface area contributed by atoms with Crippen molar-refractivity contribution in [3.8, 4) is 0 Å². The van der Waals surface area contributed by atoms with Crippen molar-refractivity contribution in [3.05, 3.63) is 0 Å². The highest BCUT2D eigenvalue weighted by Crippen LogP contribution is 2.24. The average molecular weight is 286 g/mol. The van der Waals surface area contributed by atoms with Gasteiger partial charge in [0.15, 0.2) is 0 Å². The van der Waals surface area contributed by atoms with Gasteiger partial charge in [-0.05, 0) is 18.8 Å². The molecular weight excluding hydrogens is 260 g/mol. The molecule has 1 fully saturated rings. The summed E-state index contributed by atoms with van der Waals surface area (Å²) in [6.45, 7) is 8.57. The predicted molar refractivity (Wildman–Crippen MR) is 75.4 cm³/mol. The van der Waals surface area contributed by atoms with Gasteiger partial charge in [-0.15, -0.1) is 0 Å². The van der Waals surface area contributed by atoms with Crippen LogP contribution in [0.2, 0.25) is 0 Å². The summed E-state index contributed by atoms with van der Waals surface area (Å²) in [6, 6.07) is -0.660. The lowest BCUT2D eigenvalue weighted by Gasteiger charge is -2.32. The molecule has 1 saturated heterocycles. The van der Waals surface area contributed by atoms with E-state index in [0.29, 0.717) is 13.1 Å². The second kappa shape index (κ2) is 6.43. The first kappa shape index (κ1) is 16.8. The van der Waals surface area contributed by atoms with E-state index in [9.17, 15) is 14.7 Å². The number of aliphatic hydroxyl groups is 1. The molecule has 0 aliphatic carbocycles. The number of urea groups is 1. The maximum Gasteiger partial charge on any atom is 0.317 e. The van der Waals surface area contributed by atoms with E-state index < -0.39 is 18.1 Å². The molecule has 6 heteroatoms. The van der Waals surface area contributed by atoms with Gasteiger partial charge in [0.1, 0.15) is 0 Å². The number of hydrogen-bond donors (Lipinski definition) is 3. The number of hydrogen-bond acceptors (Lipinski definition) is 3. The molecule has 20 heavy (non-hydrogen) atoms. The molecule has 6 nitrogen and oxygen atoms in total. The van der Waals surface area contributed by atoms with Crippen LogP contribution in [-0.2, 0) is 4.79 Å². The number of carboxylic acid groups (broad SMARTS) is 1. The van der Waals surface area contributed by atoms with Crippen LogP contribution in [0.25, 0.3) is 0 Å². The lowest BCUT2D eigenvalue weighted by Crippen LogP contribution is -2.50. The Morgan fingerprint density at radius 1 is 1.40 bits per heavy atom. The highest BCUT2D eigenvalue weighted by molar-refractivity contribution is 5.76. The predicted octanol–water partition coefficient (Wildman–Crippen LogP) is 1.29. The number of aliphatic hydroxyl groups excluding tert-OH is 1. The summed E-state index contributed by atoms with van der Waals surface area (Å²) in [7, 11) is 0. The minimum atomic E-state index is -0.923. The molecule has 1 heterocycles. The van der Waals surface area contributed by atoms with Crippen molar-refractivity contribution in [2.24, 2.45) is 11.3 Å². The molecule has 3 unspecified atom stereocenters. The van der Waals surface area contributed by atoms with Crippen molar-refractivity contribution in [3.63, 3.8) is 0 Å². The number of aliphatic carboxylic acids is 1. The number of likely N-dealkylation sites (tertiary alicyclic amines) is 1. The molecule has 3 N–H and O–H groups in total. The molecule has 2 amide bonds. The number of carbonyl (C=O) groups is 2. The van der Waals surface area contributed by atoms with Crippen molar-refractivity contribution in [2.45, 2.75) is 52.7 Å². The molecule has 1 aliphatic rings. The van der Waals surface area contributed by atoms with Crippen molar-refractivity contribution < 1.29 is 19.8 Å². The summed E-state index contributed by atoms with van der Waals surface area (Å²) in [5.41, 5.74) is -0.322. The first-order valence-corrected chi connectivity index (χ1v) is 7.06. The Labute approximate surface area is 120 Å². The number of rotatable bonds is 4. The monoisotopic (exact) mass is 286 g/mol. The molecule has 1 rings (SSSR count). The maximum atomic E-state index is 12.2. The zero-order chi connectivity index (χ0) is 15.5. The smallest absolute Gasteiger partial charge is 0.317 e. The fraction of sp³-hybridized carbons (Fsp3) is 0.857. The van der Waals surface area contributed by atoms with E-state index in [-0.39, 0.29) is 23.8 Å². The summed E-state index contributed by atoms with van der Waals surface area (Å²) in [4.78, 5) is 24.7. The van der Waals surface area contributed by atoms with Gasteiger partial charge in [-0.1, -0.05) is 20.8 Å². The van der Waals surface area contributed by atoms with Gasteiger partial charge in [-0.25, -0.2) is 4.79 Å². The minimum absolute atomic E-state index is 0.0943. The molecule has 1 aliphatic heterocycles. The Balaban J connectivity index is 2.61. The van der Waals surface area contributed by atoms with Gasteiger partial charge >= 0.3 is 12.0 Å². The fourth-order valence-corrected chi connectivity index (χ4v) is 2.35. The maximum absolute atomic E-state index is 12.2. The van der Waals surface area contributed by atoms with E-state index in [1.165, 1.54) is 0 Å². The Morgan fingerprint density at radius 2 is 2.00 bits per heavy atom. The van der Waals surface area contributed by atoms with Gasteiger partial charge in [-0.3, -0.25) is 4.79 Å². The third kappa shape index (κ3) is 4.67. The third-order valence-corrected chi connectivity index (χ3v) is 3.92. The van der Waals surface area contributed by atoms with E-state index in [0.717, 1.165) is 6.42 Å². The van der Waals surface area contributed by atoms with Crippen LogP contribution in [0.15, 0.2) is 0 Å². The van der Waals surface area contributed by atoms with Crippen molar-refractivity contribution in [1.29, 1.82) is 0 Å². The highest BCUT2D eigenvalue weighted by Gasteiger charge is 2.33. The number of nitrogens with one attached hydrogen (secondary N) is 1. The Hall–Kier alpha value is -1.30. The topological polar surface area (TPSA) is 89.9 Å². The summed E-state index contributed by atoms with van der Waals surface area (Å²) < 4.78 is 0. The third-order valence-electron chi connectivity index (χ3n) is 3.92. The molecule has 0 aromatic rings. The fourth-order valence-electron chi connectivity index (χ4n) is 2.35. The second-order valence-corrected chi connectivity index (χ2v) is 6.70. The highest BCUT2D eigenvalue weighted by atomic mass is 16.4. The molecule has 0 radical (unpaired) electrons. The summed E-state index contributed by atoms with van der Waals surface area (Å²) in [5.74, 6) is -0.818. The number of carbonyl (C=O) groups excluding carboxylic acids is 1. The largest absolute Gasteiger partial charge is 0.481 e. The second-order valence-electron chi connectivity index (χ2n) is 6.70. The molecular formula is C14H26N2O4. The van der Waals surface area contributed by atoms with Crippen LogP contribution in [0.5, 0.6) is 0 Å². The molecule has 0 aromatic heterocycles. The summed E-state index contributed by atoms with van der Waals surface area (Å²) in [6.07, 6.45) is 0.262. The number of carboxylic acids is 1. The zero-order valence-corrected chi connectivity index (χ0v) is 12.7. The van der Waals surface area contributed by atoms with Crippen LogP contribution in [0.4, 0.5) is 4.79 Å². The molecule has 3 atom stereocenters. The molecule has 0 spiro atoms. The van der Waals surface area contributed by atoms with Gasteiger partial charge in [0.25, 0.3) is 0 Å². The molecule has 0 aromatic carbocycles. The molecule has 0 saturated carbocycles. The SMILES string of the molecule is CC(O)C1CCN(C(=O)NC(CC(=O)O)C(C)(C)C)C1. The first-order chi connectivity index (χ1) is 9.11. The van der Waals surface area contributed by atoms with Crippen LogP contribution in [-0.4, -0.2) is 52.3 Å². The normalized spacial score (nSPS) is 22.4. The van der Waals surface area contributed by atoms with E-state index >= 15 is 0 Å². The van der Waals surface area contributed by atoms with E-state index in [2.05, 4.69) is 5.32 Å². The Morgan fingerprint density at radius 3 is 2.40 bits per heavy atom. The quantitative estimate of drug-likeness (QED) is 0.726. The van der Waals surface area contributed by atoms with E-state index in [1.54, 1.807) is 11.8 Å². The summed E-state index contributed by atoms with van der Waals surface area (Å²) in [5, 5.41) is 21.3. The number of nitrogens with zero attached hydrogens (tertiary/aromatic N) is 1. The lowest BCUT2D eigenvalue weighted by molar-refractivity contribution is -0.138. The van der Waals surface area contributed by atoms with Crippen LogP contribution in [0.1, 0.15) is 40.5 Å².